The van der Waals surface area contributed by atoms with Gasteiger partial charge in [-0.1, -0.05) is 23.8 Å². The summed E-state index contributed by atoms with van der Waals surface area (Å²) in [6, 6.07) is 9.04. The molecule has 2 aromatic rings. The average molecular weight is 413 g/mol. The molecule has 7 heteroatoms. The van der Waals surface area contributed by atoms with Gasteiger partial charge in [-0.05, 0) is 53.2 Å². The van der Waals surface area contributed by atoms with Crippen LogP contribution in [-0.4, -0.2) is 21.1 Å². The molecule has 0 radical (unpaired) electrons. The molecule has 0 saturated heterocycles. The first-order valence-electron chi connectivity index (χ1n) is 7.15. The van der Waals surface area contributed by atoms with Crippen molar-refractivity contribution in [2.75, 3.05) is 6.61 Å². The van der Waals surface area contributed by atoms with Gasteiger partial charge >= 0.3 is 0 Å². The summed E-state index contributed by atoms with van der Waals surface area (Å²) in [5.74, 6) is 0.0748. The fraction of sp³-hybridized carbons (Fsp3) is 0.176. The molecule has 0 aliphatic carbocycles. The van der Waals surface area contributed by atoms with Crippen molar-refractivity contribution >= 4 is 32.1 Å². The van der Waals surface area contributed by atoms with E-state index in [2.05, 4.69) is 15.9 Å². The maximum atomic E-state index is 13.3. The van der Waals surface area contributed by atoms with Crippen molar-refractivity contribution in [3.8, 4) is 5.75 Å². The molecule has 0 aromatic heterocycles. The lowest BCUT2D eigenvalue weighted by Crippen LogP contribution is -2.25. The molecule has 1 heterocycles. The van der Waals surface area contributed by atoms with Crippen LogP contribution in [0.1, 0.15) is 11.1 Å². The van der Waals surface area contributed by atoms with Crippen LogP contribution in [0.3, 0.4) is 0 Å². The molecule has 1 aliphatic rings. The minimum Gasteiger partial charge on any atom is -0.482 e. The summed E-state index contributed by atoms with van der Waals surface area (Å²) in [6.07, 6.45) is 2.73. The molecule has 0 bridgehead atoms. The molecule has 0 spiro atoms. The zero-order chi connectivity index (χ0) is 17.3. The van der Waals surface area contributed by atoms with Crippen LogP contribution in [0.5, 0.6) is 5.75 Å². The van der Waals surface area contributed by atoms with Crippen molar-refractivity contribution in [3.05, 3.63) is 63.9 Å². The summed E-state index contributed by atoms with van der Waals surface area (Å²) in [4.78, 5) is 0.0940. The topological polar surface area (TPSA) is 52.6 Å². The average Bonchev–Trinajstić information content (AvgIpc) is 2.53. The van der Waals surface area contributed by atoms with Crippen LogP contribution in [0.4, 0.5) is 4.39 Å². The lowest BCUT2D eigenvalue weighted by Gasteiger charge is -2.22. The summed E-state index contributed by atoms with van der Waals surface area (Å²) >= 11 is 3.24. The second-order valence-electron chi connectivity index (χ2n) is 5.37. The van der Waals surface area contributed by atoms with Gasteiger partial charge in [0.2, 0.25) is 0 Å². The maximum absolute atomic E-state index is 13.3. The van der Waals surface area contributed by atoms with Gasteiger partial charge in [0.15, 0.2) is 0 Å². The van der Waals surface area contributed by atoms with Gasteiger partial charge in [-0.3, -0.25) is 4.18 Å². The van der Waals surface area contributed by atoms with E-state index in [0.717, 1.165) is 5.56 Å². The molecule has 1 aliphatic heterocycles. The monoisotopic (exact) mass is 412 g/mol. The van der Waals surface area contributed by atoms with E-state index in [1.165, 1.54) is 24.3 Å². The summed E-state index contributed by atoms with van der Waals surface area (Å²) in [5, 5.41) is 0. The van der Waals surface area contributed by atoms with E-state index in [4.69, 9.17) is 8.92 Å². The van der Waals surface area contributed by atoms with Crippen LogP contribution < -0.4 is 4.74 Å². The Balaban J connectivity index is 1.71. The van der Waals surface area contributed by atoms with Crippen molar-refractivity contribution in [2.24, 2.45) is 0 Å². The fourth-order valence-corrected chi connectivity index (χ4v) is 3.71. The number of aryl methyl sites for hydroxylation is 1. The summed E-state index contributed by atoms with van der Waals surface area (Å²) in [5.41, 5.74) is 1.54. The van der Waals surface area contributed by atoms with Gasteiger partial charge in [-0.25, -0.2) is 4.39 Å². The normalized spacial score (nSPS) is 16.5. The van der Waals surface area contributed by atoms with Crippen molar-refractivity contribution in [1.82, 2.24) is 0 Å². The van der Waals surface area contributed by atoms with Crippen LogP contribution in [0.25, 0.3) is 6.08 Å². The predicted molar refractivity (Wildman–Crippen MR) is 91.9 cm³/mol. The Bertz CT molecular complexity index is 892. The molecular formula is C17H14BrFO4S. The Morgan fingerprint density at radius 1 is 1.25 bits per heavy atom. The van der Waals surface area contributed by atoms with Gasteiger partial charge in [-0.15, -0.1) is 0 Å². The maximum Gasteiger partial charge on any atom is 0.297 e. The van der Waals surface area contributed by atoms with Gasteiger partial charge in [0.05, 0.1) is 9.37 Å². The van der Waals surface area contributed by atoms with Crippen LogP contribution in [-0.2, 0) is 14.3 Å². The van der Waals surface area contributed by atoms with Gasteiger partial charge in [0, 0.05) is 5.56 Å². The van der Waals surface area contributed by atoms with Crippen molar-refractivity contribution in [3.63, 3.8) is 0 Å². The lowest BCUT2D eigenvalue weighted by molar-refractivity contribution is 0.164. The van der Waals surface area contributed by atoms with E-state index in [1.54, 1.807) is 24.3 Å². The number of rotatable bonds is 4. The standard InChI is InChI=1S/C17H14BrFO4S/c1-11-2-6-15(7-3-11)24(20,21)22-10-14-5-4-12-8-13(19)9-16(18)17(12)23-14/h2-9,14H,10H2,1H3/t14-/m1/s1. The fourth-order valence-electron chi connectivity index (χ4n) is 2.25. The Kier molecular flexibility index (Phi) is 4.76. The molecule has 0 unspecified atom stereocenters. The predicted octanol–water partition coefficient (Wildman–Crippen LogP) is 4.08. The molecule has 1 atom stereocenters. The Morgan fingerprint density at radius 2 is 1.96 bits per heavy atom. The first-order chi connectivity index (χ1) is 11.3. The highest BCUT2D eigenvalue weighted by atomic mass is 79.9. The Labute approximate surface area is 148 Å². The molecule has 126 valence electrons. The molecule has 2 aromatic carbocycles. The molecule has 24 heavy (non-hydrogen) atoms. The first-order valence-corrected chi connectivity index (χ1v) is 9.35. The molecule has 4 nitrogen and oxygen atoms in total. The Hall–Kier alpha value is -1.70. The third kappa shape index (κ3) is 3.68. The van der Waals surface area contributed by atoms with Crippen molar-refractivity contribution in [1.29, 1.82) is 0 Å². The molecule has 0 N–H and O–H groups in total. The first kappa shape index (κ1) is 17.1. The van der Waals surface area contributed by atoms with Gasteiger partial charge in [0.1, 0.15) is 24.3 Å². The number of ether oxygens (including phenoxy) is 1. The van der Waals surface area contributed by atoms with Crippen LogP contribution in [0.15, 0.2) is 51.8 Å². The minimum absolute atomic E-state index is 0.0940. The third-order valence-electron chi connectivity index (χ3n) is 3.49. The molecule has 3 rings (SSSR count). The van der Waals surface area contributed by atoms with E-state index in [-0.39, 0.29) is 17.3 Å². The van der Waals surface area contributed by atoms with E-state index >= 15 is 0 Å². The van der Waals surface area contributed by atoms with Crippen molar-refractivity contribution in [2.45, 2.75) is 17.9 Å². The van der Waals surface area contributed by atoms with Crippen molar-refractivity contribution < 1.29 is 21.7 Å². The van der Waals surface area contributed by atoms with Crippen LogP contribution >= 0.6 is 15.9 Å². The zero-order valence-corrected chi connectivity index (χ0v) is 15.1. The smallest absolute Gasteiger partial charge is 0.297 e. The zero-order valence-electron chi connectivity index (χ0n) is 12.7. The molecule has 0 saturated carbocycles. The SMILES string of the molecule is Cc1ccc(S(=O)(=O)OC[C@H]2C=Cc3cc(F)cc(Br)c3O2)cc1. The van der Waals surface area contributed by atoms with E-state index in [0.29, 0.717) is 15.8 Å². The molecule has 0 fully saturated rings. The second kappa shape index (κ2) is 6.66. The van der Waals surface area contributed by atoms with E-state index in [9.17, 15) is 12.8 Å². The van der Waals surface area contributed by atoms with Gasteiger partial charge < -0.3 is 4.74 Å². The highest BCUT2D eigenvalue weighted by Gasteiger charge is 2.22. The van der Waals surface area contributed by atoms with Crippen LogP contribution in [0.2, 0.25) is 0 Å². The molecular weight excluding hydrogens is 399 g/mol. The van der Waals surface area contributed by atoms with E-state index < -0.39 is 16.2 Å². The Morgan fingerprint density at radius 3 is 2.67 bits per heavy atom. The number of fused-ring (bicyclic) bond motifs is 1. The number of benzene rings is 2. The third-order valence-corrected chi connectivity index (χ3v) is 5.38. The molecule has 0 amide bonds. The quantitative estimate of drug-likeness (QED) is 0.709. The summed E-state index contributed by atoms with van der Waals surface area (Å²) in [7, 11) is -3.86. The van der Waals surface area contributed by atoms with Gasteiger partial charge in [-0.2, -0.15) is 8.42 Å². The van der Waals surface area contributed by atoms with E-state index in [1.807, 2.05) is 6.92 Å². The highest BCUT2D eigenvalue weighted by Crippen LogP contribution is 2.35. The van der Waals surface area contributed by atoms with Gasteiger partial charge in [0.25, 0.3) is 10.1 Å². The minimum atomic E-state index is -3.86. The second-order valence-corrected chi connectivity index (χ2v) is 7.84. The summed E-state index contributed by atoms with van der Waals surface area (Å²) < 4.78 is 48.9. The lowest BCUT2D eigenvalue weighted by atomic mass is 10.1. The number of hydrogen-bond donors (Lipinski definition) is 0. The summed E-state index contributed by atoms with van der Waals surface area (Å²) in [6.45, 7) is 1.70. The highest BCUT2D eigenvalue weighted by molar-refractivity contribution is 9.10. The number of halogens is 2. The largest absolute Gasteiger partial charge is 0.482 e. The van der Waals surface area contributed by atoms with Crippen LogP contribution in [0, 0.1) is 12.7 Å². The number of hydrogen-bond acceptors (Lipinski definition) is 4.